The topological polar surface area (TPSA) is 106 Å². The fourth-order valence-corrected chi connectivity index (χ4v) is 4.68. The molecule has 1 heterocycles. The van der Waals surface area contributed by atoms with Crippen molar-refractivity contribution < 1.29 is 31.6 Å². The Morgan fingerprint density at radius 3 is 2.34 bits per heavy atom. The number of benzene rings is 2. The molecule has 1 N–H and O–H groups in total. The molecule has 10 heteroatoms. The minimum atomic E-state index is -3.60. The van der Waals surface area contributed by atoms with Gasteiger partial charge in [0.2, 0.25) is 15.8 Å². The standard InChI is InChI=1S/C22H23FN2O6S/c1-4-25(5-2)32(28,29)16-11-9-15(10-12-16)24-19(26)13-30-22(27)20-14(3)17-7-6-8-18(23)21(17)31-20/h6-12H,4-5,13H2,1-3H3,(H,24,26). The lowest BCUT2D eigenvalue weighted by atomic mass is 10.1. The van der Waals surface area contributed by atoms with Gasteiger partial charge in [0.25, 0.3) is 5.91 Å². The van der Waals surface area contributed by atoms with Crippen LogP contribution < -0.4 is 5.32 Å². The van der Waals surface area contributed by atoms with Gasteiger partial charge < -0.3 is 14.5 Å². The monoisotopic (exact) mass is 462 g/mol. The lowest BCUT2D eigenvalue weighted by Gasteiger charge is -2.18. The van der Waals surface area contributed by atoms with Crippen molar-refractivity contribution in [3.63, 3.8) is 0 Å². The van der Waals surface area contributed by atoms with E-state index in [-0.39, 0.29) is 16.2 Å². The quantitative estimate of drug-likeness (QED) is 0.512. The highest BCUT2D eigenvalue weighted by Crippen LogP contribution is 2.27. The molecule has 0 unspecified atom stereocenters. The normalized spacial score (nSPS) is 11.7. The van der Waals surface area contributed by atoms with Gasteiger partial charge in [-0.25, -0.2) is 17.6 Å². The van der Waals surface area contributed by atoms with E-state index in [1.807, 2.05) is 0 Å². The first-order chi connectivity index (χ1) is 15.2. The van der Waals surface area contributed by atoms with E-state index in [2.05, 4.69) is 5.32 Å². The van der Waals surface area contributed by atoms with Crippen LogP contribution in [0.5, 0.6) is 0 Å². The summed E-state index contributed by atoms with van der Waals surface area (Å²) in [4.78, 5) is 24.5. The Labute approximate surface area is 185 Å². The number of sulfonamides is 1. The molecule has 0 atom stereocenters. The van der Waals surface area contributed by atoms with Gasteiger partial charge in [0.05, 0.1) is 4.90 Å². The van der Waals surface area contributed by atoms with Crippen molar-refractivity contribution in [2.24, 2.45) is 0 Å². The minimum absolute atomic E-state index is 0.0545. The van der Waals surface area contributed by atoms with Crippen LogP contribution in [-0.2, 0) is 19.6 Å². The number of esters is 1. The Hall–Kier alpha value is -3.24. The van der Waals surface area contributed by atoms with Gasteiger partial charge in [0, 0.05) is 29.7 Å². The average molecular weight is 462 g/mol. The first kappa shape index (κ1) is 23.4. The zero-order valence-corrected chi connectivity index (χ0v) is 18.7. The van der Waals surface area contributed by atoms with E-state index in [0.29, 0.717) is 29.7 Å². The van der Waals surface area contributed by atoms with Crippen molar-refractivity contribution in [2.45, 2.75) is 25.7 Å². The zero-order valence-electron chi connectivity index (χ0n) is 17.8. The van der Waals surface area contributed by atoms with Gasteiger partial charge in [0.15, 0.2) is 18.0 Å². The highest BCUT2D eigenvalue weighted by atomic mass is 32.2. The third kappa shape index (κ3) is 4.66. The van der Waals surface area contributed by atoms with Gasteiger partial charge in [-0.15, -0.1) is 0 Å². The number of para-hydroxylation sites is 1. The zero-order chi connectivity index (χ0) is 23.5. The molecule has 0 fully saturated rings. The number of aryl methyl sites for hydroxylation is 1. The summed E-state index contributed by atoms with van der Waals surface area (Å²) in [6.07, 6.45) is 0. The molecule has 0 bridgehead atoms. The molecule has 1 amide bonds. The van der Waals surface area contributed by atoms with Gasteiger partial charge in [-0.05, 0) is 37.3 Å². The lowest BCUT2D eigenvalue weighted by Crippen LogP contribution is -2.30. The molecule has 0 saturated carbocycles. The van der Waals surface area contributed by atoms with Gasteiger partial charge in [0.1, 0.15) is 0 Å². The van der Waals surface area contributed by atoms with Crippen molar-refractivity contribution >= 4 is 38.6 Å². The highest BCUT2D eigenvalue weighted by molar-refractivity contribution is 7.89. The Kier molecular flexibility index (Phi) is 6.95. The number of carbonyl (C=O) groups is 2. The molecule has 0 aliphatic carbocycles. The van der Waals surface area contributed by atoms with Crippen molar-refractivity contribution in [1.29, 1.82) is 0 Å². The number of rotatable bonds is 8. The maximum atomic E-state index is 13.8. The predicted molar refractivity (Wildman–Crippen MR) is 116 cm³/mol. The smallest absolute Gasteiger partial charge is 0.375 e. The first-order valence-electron chi connectivity index (χ1n) is 9.93. The van der Waals surface area contributed by atoms with Crippen LogP contribution in [0.2, 0.25) is 0 Å². The number of nitrogens with zero attached hydrogens (tertiary/aromatic N) is 1. The molecule has 2 aromatic carbocycles. The molecule has 3 aromatic rings. The van der Waals surface area contributed by atoms with E-state index in [1.54, 1.807) is 26.8 Å². The van der Waals surface area contributed by atoms with E-state index in [0.717, 1.165) is 0 Å². The van der Waals surface area contributed by atoms with Gasteiger partial charge in [-0.2, -0.15) is 4.31 Å². The SMILES string of the molecule is CCN(CC)S(=O)(=O)c1ccc(NC(=O)COC(=O)c2oc3c(F)cccc3c2C)cc1. The number of furan rings is 1. The number of nitrogens with one attached hydrogen (secondary N) is 1. The lowest BCUT2D eigenvalue weighted by molar-refractivity contribution is -0.119. The molecule has 3 rings (SSSR count). The molecule has 0 spiro atoms. The molecule has 170 valence electrons. The highest BCUT2D eigenvalue weighted by Gasteiger charge is 2.23. The van der Waals surface area contributed by atoms with Crippen LogP contribution in [0.4, 0.5) is 10.1 Å². The van der Waals surface area contributed by atoms with Gasteiger partial charge >= 0.3 is 5.97 Å². The summed E-state index contributed by atoms with van der Waals surface area (Å²) in [5, 5.41) is 2.97. The summed E-state index contributed by atoms with van der Waals surface area (Å²) in [6, 6.07) is 10.0. The number of carbonyl (C=O) groups excluding carboxylic acids is 2. The van der Waals surface area contributed by atoms with Crippen molar-refractivity contribution in [3.8, 4) is 0 Å². The predicted octanol–water partition coefficient (Wildman–Crippen LogP) is 3.71. The Bertz CT molecular complexity index is 1250. The Morgan fingerprint density at radius 2 is 1.75 bits per heavy atom. The fraction of sp³-hybridized carbons (Fsp3) is 0.273. The molecule has 0 aliphatic heterocycles. The van der Waals surface area contributed by atoms with E-state index in [4.69, 9.17) is 9.15 Å². The number of halogens is 1. The van der Waals surface area contributed by atoms with Crippen molar-refractivity contribution in [3.05, 3.63) is 59.6 Å². The third-order valence-electron chi connectivity index (χ3n) is 4.92. The summed E-state index contributed by atoms with van der Waals surface area (Å²) >= 11 is 0. The van der Waals surface area contributed by atoms with E-state index in [1.165, 1.54) is 40.7 Å². The second kappa shape index (κ2) is 9.49. The molecule has 0 aliphatic rings. The minimum Gasteiger partial charge on any atom is -0.450 e. The Balaban J connectivity index is 1.62. The summed E-state index contributed by atoms with van der Waals surface area (Å²) in [7, 11) is -3.60. The third-order valence-corrected chi connectivity index (χ3v) is 6.98. The van der Waals surface area contributed by atoms with Crippen LogP contribution in [0, 0.1) is 12.7 Å². The summed E-state index contributed by atoms with van der Waals surface area (Å²) in [5.41, 5.74) is 0.697. The second-order valence-electron chi connectivity index (χ2n) is 6.91. The van der Waals surface area contributed by atoms with E-state index in [9.17, 15) is 22.4 Å². The largest absolute Gasteiger partial charge is 0.450 e. The van der Waals surface area contributed by atoms with Gasteiger partial charge in [-0.3, -0.25) is 4.79 Å². The van der Waals surface area contributed by atoms with Crippen LogP contribution in [0.15, 0.2) is 51.8 Å². The number of amides is 1. The van der Waals surface area contributed by atoms with Crippen LogP contribution >= 0.6 is 0 Å². The molecule has 0 saturated heterocycles. The van der Waals surface area contributed by atoms with Crippen molar-refractivity contribution in [2.75, 3.05) is 25.0 Å². The van der Waals surface area contributed by atoms with Gasteiger partial charge in [-0.1, -0.05) is 26.0 Å². The van der Waals surface area contributed by atoms with Crippen LogP contribution in [0.25, 0.3) is 11.0 Å². The number of ether oxygens (including phenoxy) is 1. The number of hydrogen-bond donors (Lipinski definition) is 1. The van der Waals surface area contributed by atoms with Crippen LogP contribution in [0.1, 0.15) is 30.0 Å². The summed E-state index contributed by atoms with van der Waals surface area (Å²) < 4.78 is 50.4. The average Bonchev–Trinajstić information content (AvgIpc) is 3.11. The van der Waals surface area contributed by atoms with E-state index < -0.39 is 34.3 Å². The maximum Gasteiger partial charge on any atom is 0.375 e. The molecular formula is C22H23FN2O6S. The first-order valence-corrected chi connectivity index (χ1v) is 11.4. The summed E-state index contributed by atoms with van der Waals surface area (Å²) in [5.74, 6) is -2.30. The summed E-state index contributed by atoms with van der Waals surface area (Å²) in [6.45, 7) is 5.19. The van der Waals surface area contributed by atoms with Crippen LogP contribution in [0.3, 0.4) is 0 Å². The second-order valence-corrected chi connectivity index (χ2v) is 8.85. The molecule has 8 nitrogen and oxygen atoms in total. The fourth-order valence-electron chi connectivity index (χ4n) is 3.22. The molecule has 32 heavy (non-hydrogen) atoms. The molecular weight excluding hydrogens is 439 g/mol. The number of anilines is 1. The van der Waals surface area contributed by atoms with E-state index >= 15 is 0 Å². The number of hydrogen-bond acceptors (Lipinski definition) is 6. The maximum absolute atomic E-state index is 13.8. The number of fused-ring (bicyclic) bond motifs is 1. The Morgan fingerprint density at radius 1 is 1.09 bits per heavy atom. The molecule has 1 aromatic heterocycles. The van der Waals surface area contributed by atoms with Crippen LogP contribution in [-0.4, -0.2) is 44.3 Å². The van der Waals surface area contributed by atoms with Crippen molar-refractivity contribution in [1.82, 2.24) is 4.31 Å². The molecule has 0 radical (unpaired) electrons.